The summed E-state index contributed by atoms with van der Waals surface area (Å²) >= 11 is 5.85. The number of hydrogen-bond acceptors (Lipinski definition) is 4. The highest BCUT2D eigenvalue weighted by molar-refractivity contribution is 6.29. The molecule has 0 saturated carbocycles. The van der Waals surface area contributed by atoms with E-state index in [0.29, 0.717) is 18.1 Å². The van der Waals surface area contributed by atoms with E-state index in [9.17, 15) is 4.79 Å². The molecule has 0 atom stereocenters. The lowest BCUT2D eigenvalue weighted by Gasteiger charge is -2.10. The maximum absolute atomic E-state index is 11.4. The van der Waals surface area contributed by atoms with Gasteiger partial charge in [-0.15, -0.1) is 0 Å². The molecule has 0 aliphatic heterocycles. The second kappa shape index (κ2) is 7.68. The number of carbonyl (C=O) groups excluding carboxylic acids is 1. The quantitative estimate of drug-likeness (QED) is 0.673. The average Bonchev–Trinajstić information content (AvgIpc) is 2.62. The number of aromatic nitrogens is 1. The summed E-state index contributed by atoms with van der Waals surface area (Å²) < 4.78 is 11.3. The van der Waals surface area contributed by atoms with Crippen molar-refractivity contribution in [2.75, 3.05) is 0 Å². The molecule has 25 heavy (non-hydrogen) atoms. The summed E-state index contributed by atoms with van der Waals surface area (Å²) in [4.78, 5) is 15.4. The predicted molar refractivity (Wildman–Crippen MR) is 95.1 cm³/mol. The third-order valence-electron chi connectivity index (χ3n) is 3.38. The first-order chi connectivity index (χ1) is 12.1. The highest BCUT2D eigenvalue weighted by Crippen LogP contribution is 2.26. The minimum absolute atomic E-state index is 0.0675. The Morgan fingerprint density at radius 2 is 1.64 bits per heavy atom. The van der Waals surface area contributed by atoms with Crippen molar-refractivity contribution in [3.63, 3.8) is 0 Å². The standard InChI is InChI=1S/C19H15ClN2O3/c20-17-11-10-16(18(21)23)19(22-17)25-15-8-6-14(7-9-15)24-12-13-4-2-1-3-5-13/h1-11H,12H2,(H2,21,23). The van der Waals surface area contributed by atoms with Gasteiger partial charge in [-0.2, -0.15) is 0 Å². The molecule has 0 saturated heterocycles. The summed E-state index contributed by atoms with van der Waals surface area (Å²) in [5, 5.41) is 0.211. The van der Waals surface area contributed by atoms with Crippen LogP contribution in [-0.2, 0) is 6.61 Å². The van der Waals surface area contributed by atoms with Gasteiger partial charge in [0.2, 0.25) is 5.88 Å². The van der Waals surface area contributed by atoms with E-state index in [-0.39, 0.29) is 16.6 Å². The van der Waals surface area contributed by atoms with Crippen LogP contribution >= 0.6 is 11.6 Å². The first kappa shape index (κ1) is 16.8. The Morgan fingerprint density at radius 1 is 0.960 bits per heavy atom. The fourth-order valence-corrected chi connectivity index (χ4v) is 2.28. The van der Waals surface area contributed by atoms with E-state index in [1.807, 2.05) is 30.3 Å². The van der Waals surface area contributed by atoms with Gasteiger partial charge in [0.05, 0.1) is 0 Å². The van der Waals surface area contributed by atoms with E-state index in [1.165, 1.54) is 12.1 Å². The molecule has 1 aromatic heterocycles. The molecule has 0 unspecified atom stereocenters. The van der Waals surface area contributed by atoms with E-state index in [0.717, 1.165) is 5.56 Å². The number of rotatable bonds is 6. The van der Waals surface area contributed by atoms with Gasteiger partial charge in [-0.25, -0.2) is 4.98 Å². The molecule has 2 N–H and O–H groups in total. The van der Waals surface area contributed by atoms with Crippen LogP contribution in [0.15, 0.2) is 66.7 Å². The molecule has 0 bridgehead atoms. The van der Waals surface area contributed by atoms with Crippen LogP contribution in [0.2, 0.25) is 5.15 Å². The van der Waals surface area contributed by atoms with Gasteiger partial charge in [-0.3, -0.25) is 4.79 Å². The molecule has 1 amide bonds. The summed E-state index contributed by atoms with van der Waals surface area (Å²) in [6, 6.07) is 19.8. The van der Waals surface area contributed by atoms with Crippen molar-refractivity contribution in [2.45, 2.75) is 6.61 Å². The Kier molecular flexibility index (Phi) is 5.16. The van der Waals surface area contributed by atoms with Crippen LogP contribution < -0.4 is 15.2 Å². The third-order valence-corrected chi connectivity index (χ3v) is 3.59. The van der Waals surface area contributed by atoms with Gasteiger partial charge in [-0.1, -0.05) is 41.9 Å². The Morgan fingerprint density at radius 3 is 2.32 bits per heavy atom. The first-order valence-corrected chi connectivity index (χ1v) is 7.90. The van der Waals surface area contributed by atoms with Crippen molar-refractivity contribution in [3.05, 3.63) is 83.0 Å². The zero-order valence-electron chi connectivity index (χ0n) is 13.2. The van der Waals surface area contributed by atoms with Crippen LogP contribution in [0.3, 0.4) is 0 Å². The molecule has 0 radical (unpaired) electrons. The number of halogens is 1. The van der Waals surface area contributed by atoms with Crippen LogP contribution in [0.25, 0.3) is 0 Å². The number of pyridine rings is 1. The van der Waals surface area contributed by atoms with E-state index in [2.05, 4.69) is 4.98 Å². The van der Waals surface area contributed by atoms with Crippen molar-refractivity contribution in [3.8, 4) is 17.4 Å². The van der Waals surface area contributed by atoms with Gasteiger partial charge < -0.3 is 15.2 Å². The second-order valence-corrected chi connectivity index (χ2v) is 5.59. The number of carbonyl (C=O) groups is 1. The van der Waals surface area contributed by atoms with Crippen LogP contribution in [0, 0.1) is 0 Å². The molecule has 6 heteroatoms. The Balaban J connectivity index is 1.69. The van der Waals surface area contributed by atoms with Gasteiger partial charge in [0.1, 0.15) is 28.8 Å². The van der Waals surface area contributed by atoms with Gasteiger partial charge in [0.15, 0.2) is 0 Å². The molecule has 0 spiro atoms. The highest BCUT2D eigenvalue weighted by Gasteiger charge is 2.13. The van der Waals surface area contributed by atoms with Crippen molar-refractivity contribution in [1.29, 1.82) is 0 Å². The number of hydrogen-bond donors (Lipinski definition) is 1. The second-order valence-electron chi connectivity index (χ2n) is 5.20. The number of ether oxygens (including phenoxy) is 2. The summed E-state index contributed by atoms with van der Waals surface area (Å²) in [5.74, 6) is 0.620. The topological polar surface area (TPSA) is 74.4 Å². The van der Waals surface area contributed by atoms with Gasteiger partial charge in [0, 0.05) is 0 Å². The first-order valence-electron chi connectivity index (χ1n) is 7.53. The zero-order chi connectivity index (χ0) is 17.6. The summed E-state index contributed by atoms with van der Waals surface area (Å²) in [7, 11) is 0. The lowest BCUT2D eigenvalue weighted by Crippen LogP contribution is -2.13. The van der Waals surface area contributed by atoms with E-state index < -0.39 is 5.91 Å². The maximum Gasteiger partial charge on any atom is 0.254 e. The number of primary amides is 1. The zero-order valence-corrected chi connectivity index (χ0v) is 13.9. The molecule has 126 valence electrons. The van der Waals surface area contributed by atoms with Crippen LogP contribution in [0.4, 0.5) is 0 Å². The predicted octanol–water partition coefficient (Wildman–Crippen LogP) is 4.21. The Hall–Kier alpha value is -3.05. The minimum atomic E-state index is -0.637. The average molecular weight is 355 g/mol. The van der Waals surface area contributed by atoms with Crippen molar-refractivity contribution in [2.24, 2.45) is 5.73 Å². The lowest BCUT2D eigenvalue weighted by molar-refractivity contribution is 0.0997. The molecule has 5 nitrogen and oxygen atoms in total. The molecule has 0 fully saturated rings. The molecule has 3 aromatic rings. The normalized spacial score (nSPS) is 10.3. The Bertz CT molecular complexity index is 868. The monoisotopic (exact) mass is 354 g/mol. The van der Waals surface area contributed by atoms with E-state index in [1.54, 1.807) is 24.3 Å². The number of amides is 1. The van der Waals surface area contributed by atoms with Crippen LogP contribution in [0.5, 0.6) is 17.4 Å². The number of nitrogens with zero attached hydrogens (tertiary/aromatic N) is 1. The molecular formula is C19H15ClN2O3. The molecule has 0 aliphatic carbocycles. The van der Waals surface area contributed by atoms with Gasteiger partial charge in [-0.05, 0) is 42.0 Å². The summed E-state index contributed by atoms with van der Waals surface area (Å²) in [6.45, 7) is 0.475. The fraction of sp³-hybridized carbons (Fsp3) is 0.0526. The molecule has 2 aromatic carbocycles. The van der Waals surface area contributed by atoms with Crippen LogP contribution in [0.1, 0.15) is 15.9 Å². The van der Waals surface area contributed by atoms with Gasteiger partial charge in [0.25, 0.3) is 5.91 Å². The highest BCUT2D eigenvalue weighted by atomic mass is 35.5. The van der Waals surface area contributed by atoms with Crippen LogP contribution in [-0.4, -0.2) is 10.9 Å². The van der Waals surface area contributed by atoms with Crippen molar-refractivity contribution >= 4 is 17.5 Å². The smallest absolute Gasteiger partial charge is 0.254 e. The third kappa shape index (κ3) is 4.49. The molecule has 1 heterocycles. The molecular weight excluding hydrogens is 340 g/mol. The number of benzene rings is 2. The number of nitrogens with two attached hydrogens (primary N) is 1. The minimum Gasteiger partial charge on any atom is -0.489 e. The largest absolute Gasteiger partial charge is 0.489 e. The van der Waals surface area contributed by atoms with Gasteiger partial charge >= 0.3 is 0 Å². The molecule has 0 aliphatic rings. The molecule has 3 rings (SSSR count). The Labute approximate surface area is 150 Å². The van der Waals surface area contributed by atoms with Crippen molar-refractivity contribution < 1.29 is 14.3 Å². The fourth-order valence-electron chi connectivity index (χ4n) is 2.14. The SMILES string of the molecule is NC(=O)c1ccc(Cl)nc1Oc1ccc(OCc2ccccc2)cc1. The summed E-state index contributed by atoms with van der Waals surface area (Å²) in [6.07, 6.45) is 0. The lowest BCUT2D eigenvalue weighted by atomic mass is 10.2. The van der Waals surface area contributed by atoms with E-state index in [4.69, 9.17) is 26.8 Å². The van der Waals surface area contributed by atoms with E-state index >= 15 is 0 Å². The summed E-state index contributed by atoms with van der Waals surface area (Å²) in [5.41, 5.74) is 6.56. The van der Waals surface area contributed by atoms with Crippen molar-refractivity contribution in [1.82, 2.24) is 4.98 Å². The maximum atomic E-state index is 11.4.